The molecule has 0 unspecified atom stereocenters. The first-order chi connectivity index (χ1) is 7.65. The minimum atomic E-state index is 0.574. The van der Waals surface area contributed by atoms with E-state index in [-0.39, 0.29) is 0 Å². The van der Waals surface area contributed by atoms with Crippen LogP contribution in [0.4, 0.5) is 0 Å². The molecule has 2 aromatic heterocycles. The zero-order valence-electron chi connectivity index (χ0n) is 9.69. The number of aromatic nitrogens is 4. The summed E-state index contributed by atoms with van der Waals surface area (Å²) in [6.45, 7) is 5.09. The summed E-state index contributed by atoms with van der Waals surface area (Å²) in [5.74, 6) is 1.27. The molecule has 0 aliphatic heterocycles. The molecule has 0 amide bonds. The van der Waals surface area contributed by atoms with Gasteiger partial charge in [-0.05, 0) is 19.9 Å². The Bertz CT molecular complexity index is 473. The van der Waals surface area contributed by atoms with Gasteiger partial charge in [0, 0.05) is 13.6 Å². The van der Waals surface area contributed by atoms with E-state index in [1.807, 2.05) is 24.7 Å². The second kappa shape index (κ2) is 4.44. The van der Waals surface area contributed by atoms with E-state index in [0.29, 0.717) is 18.3 Å². The fraction of sp³-hybridized carbons (Fsp3) is 0.500. The molecule has 6 heteroatoms. The van der Waals surface area contributed by atoms with Gasteiger partial charge in [0.1, 0.15) is 0 Å². The SMILES string of the molecule is Cc1cc(CNCc2nc(C)no2)n(C)n1. The summed E-state index contributed by atoms with van der Waals surface area (Å²) in [5, 5.41) is 11.2. The van der Waals surface area contributed by atoms with Crippen LogP contribution >= 0.6 is 0 Å². The third-order valence-electron chi connectivity index (χ3n) is 2.25. The Morgan fingerprint density at radius 2 is 2.19 bits per heavy atom. The zero-order chi connectivity index (χ0) is 11.5. The van der Waals surface area contributed by atoms with Crippen LogP contribution in [-0.2, 0) is 20.1 Å². The molecule has 2 rings (SSSR count). The lowest BCUT2D eigenvalue weighted by atomic mass is 10.3. The Labute approximate surface area is 93.7 Å². The molecule has 0 spiro atoms. The molecule has 0 aromatic carbocycles. The summed E-state index contributed by atoms with van der Waals surface area (Å²) in [5.41, 5.74) is 2.15. The molecule has 86 valence electrons. The summed E-state index contributed by atoms with van der Waals surface area (Å²) < 4.78 is 6.85. The lowest BCUT2D eigenvalue weighted by Crippen LogP contribution is -2.15. The number of hydrogen-bond acceptors (Lipinski definition) is 5. The predicted octanol–water partition coefficient (Wildman–Crippen LogP) is 0.710. The molecule has 0 aliphatic rings. The van der Waals surface area contributed by atoms with Crippen molar-refractivity contribution in [3.05, 3.63) is 29.2 Å². The van der Waals surface area contributed by atoms with Gasteiger partial charge >= 0.3 is 0 Å². The maximum atomic E-state index is 4.99. The molecule has 6 nitrogen and oxygen atoms in total. The van der Waals surface area contributed by atoms with Gasteiger partial charge in [-0.25, -0.2) is 0 Å². The maximum Gasteiger partial charge on any atom is 0.240 e. The summed E-state index contributed by atoms with van der Waals surface area (Å²) >= 11 is 0. The van der Waals surface area contributed by atoms with E-state index in [1.54, 1.807) is 6.92 Å². The van der Waals surface area contributed by atoms with Gasteiger partial charge < -0.3 is 9.84 Å². The van der Waals surface area contributed by atoms with Crippen LogP contribution < -0.4 is 5.32 Å². The van der Waals surface area contributed by atoms with Crippen molar-refractivity contribution < 1.29 is 4.52 Å². The molecule has 0 saturated carbocycles. The van der Waals surface area contributed by atoms with E-state index in [2.05, 4.69) is 20.6 Å². The number of aryl methyl sites for hydroxylation is 3. The van der Waals surface area contributed by atoms with Crippen molar-refractivity contribution in [2.24, 2.45) is 7.05 Å². The van der Waals surface area contributed by atoms with Crippen LogP contribution in [0, 0.1) is 13.8 Å². The Morgan fingerprint density at radius 3 is 2.75 bits per heavy atom. The van der Waals surface area contributed by atoms with Crippen molar-refractivity contribution in [1.82, 2.24) is 25.2 Å². The zero-order valence-corrected chi connectivity index (χ0v) is 9.69. The summed E-state index contributed by atoms with van der Waals surface area (Å²) in [4.78, 5) is 4.11. The fourth-order valence-electron chi connectivity index (χ4n) is 1.54. The first kappa shape index (κ1) is 10.8. The van der Waals surface area contributed by atoms with Gasteiger partial charge in [-0.2, -0.15) is 10.1 Å². The Morgan fingerprint density at radius 1 is 1.38 bits per heavy atom. The lowest BCUT2D eigenvalue weighted by Gasteiger charge is -2.01. The molecule has 0 saturated heterocycles. The largest absolute Gasteiger partial charge is 0.338 e. The van der Waals surface area contributed by atoms with Crippen molar-refractivity contribution in [2.45, 2.75) is 26.9 Å². The standard InChI is InChI=1S/C10H15N5O/c1-7-4-9(15(3)13-7)5-11-6-10-12-8(2)14-16-10/h4,11H,5-6H2,1-3H3. The highest BCUT2D eigenvalue weighted by Crippen LogP contribution is 2.02. The van der Waals surface area contributed by atoms with Crippen molar-refractivity contribution in [3.8, 4) is 0 Å². The molecule has 0 aliphatic carbocycles. The summed E-state index contributed by atoms with van der Waals surface area (Å²) in [6.07, 6.45) is 0. The van der Waals surface area contributed by atoms with Crippen LogP contribution in [0.3, 0.4) is 0 Å². The molecule has 2 heterocycles. The number of nitrogens with one attached hydrogen (secondary N) is 1. The topological polar surface area (TPSA) is 68.8 Å². The predicted molar refractivity (Wildman–Crippen MR) is 57.5 cm³/mol. The van der Waals surface area contributed by atoms with Gasteiger partial charge in [-0.1, -0.05) is 5.16 Å². The molecular formula is C10H15N5O. The normalized spacial score (nSPS) is 10.9. The van der Waals surface area contributed by atoms with Crippen LogP contribution in [0.25, 0.3) is 0 Å². The van der Waals surface area contributed by atoms with Gasteiger partial charge in [0.2, 0.25) is 5.89 Å². The van der Waals surface area contributed by atoms with Gasteiger partial charge in [-0.15, -0.1) is 0 Å². The minimum Gasteiger partial charge on any atom is -0.338 e. The number of hydrogen-bond donors (Lipinski definition) is 1. The first-order valence-electron chi connectivity index (χ1n) is 5.14. The van der Waals surface area contributed by atoms with Crippen LogP contribution in [0.2, 0.25) is 0 Å². The average molecular weight is 221 g/mol. The highest BCUT2D eigenvalue weighted by atomic mass is 16.5. The summed E-state index contributed by atoms with van der Waals surface area (Å²) in [7, 11) is 1.93. The molecule has 0 atom stereocenters. The molecule has 0 fully saturated rings. The molecule has 0 bridgehead atoms. The van der Waals surface area contributed by atoms with E-state index >= 15 is 0 Å². The van der Waals surface area contributed by atoms with Gasteiger partial charge in [0.25, 0.3) is 0 Å². The Kier molecular flexibility index (Phi) is 3.00. The van der Waals surface area contributed by atoms with Crippen LogP contribution in [-0.4, -0.2) is 19.9 Å². The maximum absolute atomic E-state index is 4.99. The minimum absolute atomic E-state index is 0.574. The van der Waals surface area contributed by atoms with E-state index in [4.69, 9.17) is 4.52 Å². The van der Waals surface area contributed by atoms with Crippen molar-refractivity contribution in [2.75, 3.05) is 0 Å². The van der Waals surface area contributed by atoms with Crippen LogP contribution in [0.5, 0.6) is 0 Å². The first-order valence-corrected chi connectivity index (χ1v) is 5.14. The molecule has 16 heavy (non-hydrogen) atoms. The molecule has 0 radical (unpaired) electrons. The fourth-order valence-corrected chi connectivity index (χ4v) is 1.54. The second-order valence-electron chi connectivity index (χ2n) is 3.74. The average Bonchev–Trinajstić information content (AvgIpc) is 2.74. The highest BCUT2D eigenvalue weighted by molar-refractivity contribution is 5.08. The Balaban J connectivity index is 1.86. The van der Waals surface area contributed by atoms with Crippen molar-refractivity contribution in [1.29, 1.82) is 0 Å². The summed E-state index contributed by atoms with van der Waals surface area (Å²) in [6, 6.07) is 2.05. The molecule has 1 N–H and O–H groups in total. The van der Waals surface area contributed by atoms with Crippen molar-refractivity contribution in [3.63, 3.8) is 0 Å². The van der Waals surface area contributed by atoms with E-state index in [1.165, 1.54) is 0 Å². The van der Waals surface area contributed by atoms with E-state index in [0.717, 1.165) is 17.9 Å². The third-order valence-corrected chi connectivity index (χ3v) is 2.25. The van der Waals surface area contributed by atoms with Gasteiger partial charge in [0.15, 0.2) is 5.82 Å². The smallest absolute Gasteiger partial charge is 0.240 e. The highest BCUT2D eigenvalue weighted by Gasteiger charge is 2.04. The monoisotopic (exact) mass is 221 g/mol. The third kappa shape index (κ3) is 2.46. The van der Waals surface area contributed by atoms with E-state index < -0.39 is 0 Å². The van der Waals surface area contributed by atoms with Crippen molar-refractivity contribution >= 4 is 0 Å². The lowest BCUT2D eigenvalue weighted by molar-refractivity contribution is 0.363. The van der Waals surface area contributed by atoms with Gasteiger partial charge in [-0.3, -0.25) is 4.68 Å². The Hall–Kier alpha value is -1.69. The molecular weight excluding hydrogens is 206 g/mol. The number of rotatable bonds is 4. The van der Waals surface area contributed by atoms with Crippen LogP contribution in [0.1, 0.15) is 23.1 Å². The van der Waals surface area contributed by atoms with E-state index in [9.17, 15) is 0 Å². The number of nitrogens with zero attached hydrogens (tertiary/aromatic N) is 4. The van der Waals surface area contributed by atoms with Gasteiger partial charge in [0.05, 0.1) is 17.9 Å². The molecule has 2 aromatic rings. The second-order valence-corrected chi connectivity index (χ2v) is 3.74. The quantitative estimate of drug-likeness (QED) is 0.823. The van der Waals surface area contributed by atoms with Crippen LogP contribution in [0.15, 0.2) is 10.6 Å².